The molecule has 1 aliphatic heterocycles. The van der Waals surface area contributed by atoms with E-state index in [0.29, 0.717) is 11.3 Å². The number of nitrogens with zero attached hydrogens (tertiary/aromatic N) is 1. The van der Waals surface area contributed by atoms with Crippen LogP contribution in [0.15, 0.2) is 16.9 Å². The molecule has 1 N–H and O–H groups in total. The predicted octanol–water partition coefficient (Wildman–Crippen LogP) is 0.482. The lowest BCUT2D eigenvalue weighted by atomic mass is 10.2. The van der Waals surface area contributed by atoms with E-state index in [1.807, 2.05) is 0 Å². The maximum atomic E-state index is 12.1. The minimum absolute atomic E-state index is 0.0502. The van der Waals surface area contributed by atoms with Gasteiger partial charge in [0.15, 0.2) is 0 Å². The van der Waals surface area contributed by atoms with Gasteiger partial charge >= 0.3 is 6.43 Å². The zero-order valence-corrected chi connectivity index (χ0v) is 7.67. The first-order valence-electron chi connectivity index (χ1n) is 4.36. The van der Waals surface area contributed by atoms with Crippen LogP contribution < -0.4 is 5.56 Å². The van der Waals surface area contributed by atoms with E-state index in [0.717, 1.165) is 4.90 Å². The summed E-state index contributed by atoms with van der Waals surface area (Å²) in [5.41, 5.74) is 0.959. The average molecular weight is 214 g/mol. The lowest BCUT2D eigenvalue weighted by molar-refractivity contribution is -0.143. The van der Waals surface area contributed by atoms with Crippen molar-refractivity contribution in [3.8, 4) is 0 Å². The lowest BCUT2D eigenvalue weighted by Crippen LogP contribution is -2.31. The van der Waals surface area contributed by atoms with Crippen LogP contribution in [0.25, 0.3) is 0 Å². The molecule has 0 fully saturated rings. The van der Waals surface area contributed by atoms with E-state index < -0.39 is 12.3 Å². The van der Waals surface area contributed by atoms with Crippen molar-refractivity contribution in [3.05, 3.63) is 33.7 Å². The number of hydrogen-bond acceptors (Lipinski definition) is 2. The molecule has 1 aliphatic rings. The van der Waals surface area contributed by atoms with Gasteiger partial charge in [0, 0.05) is 18.3 Å². The summed E-state index contributed by atoms with van der Waals surface area (Å²) >= 11 is 0. The van der Waals surface area contributed by atoms with E-state index in [-0.39, 0.29) is 18.6 Å². The highest BCUT2D eigenvalue weighted by atomic mass is 19.3. The van der Waals surface area contributed by atoms with Crippen LogP contribution in [0, 0.1) is 0 Å². The number of carbonyl (C=O) groups is 1. The zero-order chi connectivity index (χ0) is 11.0. The molecule has 0 radical (unpaired) electrons. The smallest absolute Gasteiger partial charge is 0.315 e. The Morgan fingerprint density at radius 3 is 2.80 bits per heavy atom. The lowest BCUT2D eigenvalue weighted by Gasteiger charge is -2.13. The SMILES string of the molecule is O=C(C(F)F)N1Cc2ccc(=O)[nH]c2C1. The summed E-state index contributed by atoms with van der Waals surface area (Å²) in [6.07, 6.45) is -2.99. The maximum absolute atomic E-state index is 12.1. The van der Waals surface area contributed by atoms with Gasteiger partial charge in [-0.15, -0.1) is 0 Å². The minimum atomic E-state index is -2.99. The Morgan fingerprint density at radius 1 is 1.40 bits per heavy atom. The summed E-state index contributed by atoms with van der Waals surface area (Å²) in [6, 6.07) is 2.86. The van der Waals surface area contributed by atoms with Crippen LogP contribution in [0.2, 0.25) is 0 Å². The third-order valence-electron chi connectivity index (χ3n) is 2.31. The molecule has 0 unspecified atom stereocenters. The first-order chi connectivity index (χ1) is 7.08. The van der Waals surface area contributed by atoms with E-state index >= 15 is 0 Å². The average Bonchev–Trinajstić information content (AvgIpc) is 2.58. The Bertz CT molecular complexity index is 456. The summed E-state index contributed by atoms with van der Waals surface area (Å²) in [5.74, 6) is -1.20. The molecule has 2 heterocycles. The molecule has 1 amide bonds. The van der Waals surface area contributed by atoms with Crippen LogP contribution >= 0.6 is 0 Å². The highest BCUT2D eigenvalue weighted by Gasteiger charge is 2.29. The number of halogens is 2. The largest absolute Gasteiger partial charge is 0.328 e. The quantitative estimate of drug-likeness (QED) is 0.739. The Labute approximate surface area is 83.5 Å². The molecule has 0 aromatic carbocycles. The number of rotatable bonds is 1. The highest BCUT2D eigenvalue weighted by Crippen LogP contribution is 2.20. The van der Waals surface area contributed by atoms with E-state index in [2.05, 4.69) is 4.98 Å². The molecule has 0 aliphatic carbocycles. The molecular weight excluding hydrogens is 206 g/mol. The van der Waals surface area contributed by atoms with Gasteiger partial charge in [-0.05, 0) is 11.6 Å². The molecule has 1 aromatic rings. The van der Waals surface area contributed by atoms with Crippen molar-refractivity contribution in [1.82, 2.24) is 9.88 Å². The van der Waals surface area contributed by atoms with E-state index in [9.17, 15) is 18.4 Å². The molecule has 0 saturated carbocycles. The highest BCUT2D eigenvalue weighted by molar-refractivity contribution is 5.79. The summed E-state index contributed by atoms with van der Waals surface area (Å²) in [4.78, 5) is 25.5. The number of hydrogen-bond donors (Lipinski definition) is 1. The minimum Gasteiger partial charge on any atom is -0.328 e. The third-order valence-corrected chi connectivity index (χ3v) is 2.31. The Hall–Kier alpha value is -1.72. The molecule has 0 atom stereocenters. The van der Waals surface area contributed by atoms with Gasteiger partial charge in [-0.3, -0.25) is 9.59 Å². The first-order valence-corrected chi connectivity index (χ1v) is 4.36. The number of amides is 1. The van der Waals surface area contributed by atoms with Crippen molar-refractivity contribution in [2.45, 2.75) is 19.5 Å². The molecule has 1 aromatic heterocycles. The van der Waals surface area contributed by atoms with Crippen molar-refractivity contribution in [3.63, 3.8) is 0 Å². The Balaban J connectivity index is 2.23. The first kappa shape index (κ1) is 9.82. The van der Waals surface area contributed by atoms with Gasteiger partial charge in [0.1, 0.15) is 0 Å². The van der Waals surface area contributed by atoms with Crippen LogP contribution in [-0.2, 0) is 17.9 Å². The van der Waals surface area contributed by atoms with Gasteiger partial charge in [0.05, 0.1) is 6.54 Å². The monoisotopic (exact) mass is 214 g/mol. The second-order valence-corrected chi connectivity index (χ2v) is 3.32. The molecular formula is C9H8F2N2O2. The number of fused-ring (bicyclic) bond motifs is 1. The van der Waals surface area contributed by atoms with Crippen LogP contribution in [-0.4, -0.2) is 22.2 Å². The maximum Gasteiger partial charge on any atom is 0.315 e. The molecule has 4 nitrogen and oxygen atoms in total. The van der Waals surface area contributed by atoms with Crippen molar-refractivity contribution in [1.29, 1.82) is 0 Å². The standard InChI is InChI=1S/C9H8F2N2O2/c10-8(11)9(15)13-3-5-1-2-7(14)12-6(5)4-13/h1-2,8H,3-4H2,(H,12,14). The van der Waals surface area contributed by atoms with Crippen LogP contribution in [0.4, 0.5) is 8.78 Å². The Morgan fingerprint density at radius 2 is 2.13 bits per heavy atom. The third kappa shape index (κ3) is 1.74. The van der Waals surface area contributed by atoms with Crippen LogP contribution in [0.3, 0.4) is 0 Å². The zero-order valence-electron chi connectivity index (χ0n) is 7.67. The normalized spacial score (nSPS) is 14.5. The second kappa shape index (κ2) is 3.45. The number of aromatic nitrogens is 1. The van der Waals surface area contributed by atoms with Gasteiger partial charge < -0.3 is 9.88 Å². The van der Waals surface area contributed by atoms with Gasteiger partial charge in [-0.1, -0.05) is 0 Å². The van der Waals surface area contributed by atoms with Crippen LogP contribution in [0.1, 0.15) is 11.3 Å². The van der Waals surface area contributed by atoms with Crippen molar-refractivity contribution < 1.29 is 13.6 Å². The van der Waals surface area contributed by atoms with Crippen molar-refractivity contribution in [2.75, 3.05) is 0 Å². The summed E-state index contributed by atoms with van der Waals surface area (Å²) in [5, 5.41) is 0. The number of H-pyrrole nitrogens is 1. The van der Waals surface area contributed by atoms with Gasteiger partial charge in [0.25, 0.3) is 5.91 Å². The fourth-order valence-corrected chi connectivity index (χ4v) is 1.58. The van der Waals surface area contributed by atoms with E-state index in [1.54, 1.807) is 6.07 Å². The van der Waals surface area contributed by atoms with E-state index in [4.69, 9.17) is 0 Å². The number of alkyl halides is 2. The number of nitrogens with one attached hydrogen (secondary N) is 1. The summed E-state index contributed by atoms with van der Waals surface area (Å²) in [6.45, 7) is 0.184. The molecule has 0 spiro atoms. The number of aromatic amines is 1. The second-order valence-electron chi connectivity index (χ2n) is 3.32. The fourth-order valence-electron chi connectivity index (χ4n) is 1.58. The topological polar surface area (TPSA) is 53.2 Å². The molecule has 80 valence electrons. The van der Waals surface area contributed by atoms with E-state index in [1.165, 1.54) is 6.07 Å². The molecule has 2 rings (SSSR count). The van der Waals surface area contributed by atoms with Gasteiger partial charge in [-0.25, -0.2) is 0 Å². The molecule has 0 bridgehead atoms. The molecule has 15 heavy (non-hydrogen) atoms. The van der Waals surface area contributed by atoms with Gasteiger partial charge in [0.2, 0.25) is 5.56 Å². The predicted molar refractivity (Wildman–Crippen MR) is 47.3 cm³/mol. The molecule has 0 saturated heterocycles. The van der Waals surface area contributed by atoms with Crippen LogP contribution in [0.5, 0.6) is 0 Å². The molecule has 6 heteroatoms. The summed E-state index contributed by atoms with van der Waals surface area (Å²) < 4.78 is 24.2. The number of carbonyl (C=O) groups excluding carboxylic acids is 1. The van der Waals surface area contributed by atoms with Crippen molar-refractivity contribution >= 4 is 5.91 Å². The fraction of sp³-hybridized carbons (Fsp3) is 0.333. The van der Waals surface area contributed by atoms with Gasteiger partial charge in [-0.2, -0.15) is 8.78 Å². The Kier molecular flexibility index (Phi) is 2.26. The summed E-state index contributed by atoms with van der Waals surface area (Å²) in [7, 11) is 0. The number of pyridine rings is 1. The van der Waals surface area contributed by atoms with Crippen molar-refractivity contribution in [2.24, 2.45) is 0 Å².